The Kier molecular flexibility index (Phi) is 5.31. The molecule has 2 aromatic rings. The van der Waals surface area contributed by atoms with E-state index in [0.717, 1.165) is 50.3 Å². The van der Waals surface area contributed by atoms with Crippen molar-refractivity contribution in [1.82, 2.24) is 14.8 Å². The Morgan fingerprint density at radius 1 is 1.00 bits per heavy atom. The highest BCUT2D eigenvalue weighted by molar-refractivity contribution is 6.34. The van der Waals surface area contributed by atoms with Gasteiger partial charge in [-0.25, -0.2) is 0 Å². The molecule has 1 saturated heterocycles. The minimum atomic E-state index is 0.132. The molecule has 3 aliphatic rings. The van der Waals surface area contributed by atoms with Crippen molar-refractivity contribution < 1.29 is 4.79 Å². The molecule has 29 heavy (non-hydrogen) atoms. The molecule has 1 saturated carbocycles. The number of halogens is 1. The van der Waals surface area contributed by atoms with E-state index in [1.165, 1.54) is 36.8 Å². The van der Waals surface area contributed by atoms with Crippen molar-refractivity contribution in [1.29, 1.82) is 0 Å². The van der Waals surface area contributed by atoms with E-state index in [9.17, 15) is 4.79 Å². The number of likely N-dealkylation sites (tertiary alicyclic amines) is 1. The Hall–Kier alpha value is -1.91. The number of piperidine rings is 1. The molecule has 1 aromatic heterocycles. The van der Waals surface area contributed by atoms with Crippen LogP contribution < -0.4 is 0 Å². The van der Waals surface area contributed by atoms with E-state index < -0.39 is 0 Å². The van der Waals surface area contributed by atoms with Gasteiger partial charge < -0.3 is 4.90 Å². The summed E-state index contributed by atoms with van der Waals surface area (Å²) < 4.78 is 0. The fourth-order valence-electron chi connectivity index (χ4n) is 4.83. The van der Waals surface area contributed by atoms with E-state index in [1.807, 2.05) is 23.4 Å². The second-order valence-electron chi connectivity index (χ2n) is 9.02. The standard InChI is InChI=1S/C24H28ClN3O/c25-22-13-20(12-21-16-28(15-18-1-2-18)24(29)23(21)22)11-17-5-9-27(10-6-17)14-19-3-7-26-8-4-19/h3-4,7-8,12-13,17-18H,1-2,5-6,9-11,14-16H2. The second kappa shape index (κ2) is 8.08. The maximum absolute atomic E-state index is 12.7. The topological polar surface area (TPSA) is 36.4 Å². The third kappa shape index (κ3) is 4.34. The van der Waals surface area contributed by atoms with Crippen LogP contribution in [0.15, 0.2) is 36.7 Å². The lowest BCUT2D eigenvalue weighted by atomic mass is 9.89. The minimum Gasteiger partial charge on any atom is -0.334 e. The van der Waals surface area contributed by atoms with Gasteiger partial charge in [0, 0.05) is 32.0 Å². The van der Waals surface area contributed by atoms with E-state index in [4.69, 9.17) is 11.6 Å². The van der Waals surface area contributed by atoms with Gasteiger partial charge in [0.1, 0.15) is 0 Å². The van der Waals surface area contributed by atoms with Gasteiger partial charge in [0.05, 0.1) is 10.6 Å². The maximum Gasteiger partial charge on any atom is 0.256 e. The number of carbonyl (C=O) groups is 1. The van der Waals surface area contributed by atoms with Crippen LogP contribution in [0.5, 0.6) is 0 Å². The van der Waals surface area contributed by atoms with Gasteiger partial charge in [-0.2, -0.15) is 0 Å². The molecule has 5 heteroatoms. The van der Waals surface area contributed by atoms with E-state index in [2.05, 4.69) is 28.1 Å². The van der Waals surface area contributed by atoms with Gasteiger partial charge in [-0.15, -0.1) is 0 Å². The summed E-state index contributed by atoms with van der Waals surface area (Å²) >= 11 is 6.56. The highest BCUT2D eigenvalue weighted by atomic mass is 35.5. The van der Waals surface area contributed by atoms with Gasteiger partial charge in [-0.05, 0) is 91.9 Å². The highest BCUT2D eigenvalue weighted by Gasteiger charge is 2.34. The summed E-state index contributed by atoms with van der Waals surface area (Å²) in [6.07, 6.45) is 9.76. The molecule has 2 aliphatic heterocycles. The van der Waals surface area contributed by atoms with Crippen molar-refractivity contribution in [2.45, 2.75) is 45.2 Å². The Labute approximate surface area is 177 Å². The summed E-state index contributed by atoms with van der Waals surface area (Å²) in [4.78, 5) is 21.3. The molecule has 1 aromatic carbocycles. The predicted octanol–water partition coefficient (Wildman–Crippen LogP) is 4.56. The lowest BCUT2D eigenvalue weighted by Gasteiger charge is -2.32. The van der Waals surface area contributed by atoms with Crippen LogP contribution >= 0.6 is 11.6 Å². The summed E-state index contributed by atoms with van der Waals surface area (Å²) in [5.74, 6) is 1.54. The first-order valence-corrected chi connectivity index (χ1v) is 11.3. The van der Waals surface area contributed by atoms with Crippen molar-refractivity contribution >= 4 is 17.5 Å². The molecular weight excluding hydrogens is 382 g/mol. The van der Waals surface area contributed by atoms with E-state index in [0.29, 0.717) is 16.9 Å². The maximum atomic E-state index is 12.7. The smallest absolute Gasteiger partial charge is 0.256 e. The molecule has 3 heterocycles. The number of amides is 1. The monoisotopic (exact) mass is 409 g/mol. The van der Waals surface area contributed by atoms with E-state index in [1.54, 1.807) is 0 Å². The zero-order valence-corrected chi connectivity index (χ0v) is 17.6. The minimum absolute atomic E-state index is 0.132. The zero-order chi connectivity index (χ0) is 19.8. The van der Waals surface area contributed by atoms with Crippen molar-refractivity contribution in [3.05, 3.63) is 63.9 Å². The van der Waals surface area contributed by atoms with Crippen molar-refractivity contribution in [2.24, 2.45) is 11.8 Å². The van der Waals surface area contributed by atoms with Crippen LogP contribution in [-0.4, -0.2) is 40.3 Å². The molecule has 0 spiro atoms. The van der Waals surface area contributed by atoms with Crippen LogP contribution in [-0.2, 0) is 19.5 Å². The molecule has 0 N–H and O–H groups in total. The molecule has 0 radical (unpaired) electrons. The Morgan fingerprint density at radius 2 is 1.76 bits per heavy atom. The number of pyridine rings is 1. The molecule has 0 bridgehead atoms. The first-order valence-electron chi connectivity index (χ1n) is 10.9. The second-order valence-corrected chi connectivity index (χ2v) is 9.43. The van der Waals surface area contributed by atoms with Gasteiger partial charge in [0.2, 0.25) is 0 Å². The molecular formula is C24H28ClN3O. The lowest BCUT2D eigenvalue weighted by Crippen LogP contribution is -2.33. The Bertz CT molecular complexity index is 888. The van der Waals surface area contributed by atoms with Gasteiger partial charge in [0.25, 0.3) is 5.91 Å². The molecule has 0 atom stereocenters. The van der Waals surface area contributed by atoms with Crippen LogP contribution in [0.25, 0.3) is 0 Å². The van der Waals surface area contributed by atoms with Gasteiger partial charge in [-0.3, -0.25) is 14.7 Å². The first kappa shape index (κ1) is 19.1. The third-order valence-corrected chi connectivity index (χ3v) is 6.95. The largest absolute Gasteiger partial charge is 0.334 e. The average molecular weight is 410 g/mol. The number of rotatable bonds is 6. The number of benzene rings is 1. The quantitative estimate of drug-likeness (QED) is 0.701. The van der Waals surface area contributed by atoms with E-state index >= 15 is 0 Å². The molecule has 5 rings (SSSR count). The molecule has 0 unspecified atom stereocenters. The normalized spacial score (nSPS) is 20.3. The molecule has 1 amide bonds. The number of hydrogen-bond donors (Lipinski definition) is 0. The molecule has 152 valence electrons. The van der Waals surface area contributed by atoms with Crippen molar-refractivity contribution in [2.75, 3.05) is 19.6 Å². The molecule has 1 aliphatic carbocycles. The first-order chi connectivity index (χ1) is 14.2. The van der Waals surface area contributed by atoms with Gasteiger partial charge >= 0.3 is 0 Å². The number of nitrogens with zero attached hydrogens (tertiary/aromatic N) is 3. The van der Waals surface area contributed by atoms with Crippen molar-refractivity contribution in [3.8, 4) is 0 Å². The van der Waals surface area contributed by atoms with Crippen LogP contribution in [0.3, 0.4) is 0 Å². The highest BCUT2D eigenvalue weighted by Crippen LogP contribution is 2.36. The van der Waals surface area contributed by atoms with Crippen LogP contribution in [0.1, 0.15) is 52.7 Å². The van der Waals surface area contributed by atoms with Crippen LogP contribution in [0.4, 0.5) is 0 Å². The Morgan fingerprint density at radius 3 is 2.48 bits per heavy atom. The predicted molar refractivity (Wildman–Crippen MR) is 115 cm³/mol. The van der Waals surface area contributed by atoms with Crippen LogP contribution in [0.2, 0.25) is 5.02 Å². The zero-order valence-electron chi connectivity index (χ0n) is 16.8. The van der Waals surface area contributed by atoms with Crippen LogP contribution in [0, 0.1) is 11.8 Å². The number of aromatic nitrogens is 1. The summed E-state index contributed by atoms with van der Waals surface area (Å²) in [5.41, 5.74) is 4.52. The Balaban J connectivity index is 1.19. The molecule has 2 fully saturated rings. The fraction of sp³-hybridized carbons (Fsp3) is 0.500. The lowest BCUT2D eigenvalue weighted by molar-refractivity contribution is 0.0771. The third-order valence-electron chi connectivity index (χ3n) is 6.66. The summed E-state index contributed by atoms with van der Waals surface area (Å²) in [7, 11) is 0. The number of carbonyl (C=O) groups excluding carboxylic acids is 1. The fourth-order valence-corrected chi connectivity index (χ4v) is 5.17. The number of fused-ring (bicyclic) bond motifs is 1. The SMILES string of the molecule is O=C1c2c(Cl)cc(CC3CCN(Cc4ccncc4)CC3)cc2CN1CC1CC1. The average Bonchev–Trinajstić information content (AvgIpc) is 3.47. The van der Waals surface area contributed by atoms with E-state index in [-0.39, 0.29) is 5.91 Å². The summed E-state index contributed by atoms with van der Waals surface area (Å²) in [5, 5.41) is 0.649. The summed E-state index contributed by atoms with van der Waals surface area (Å²) in [6.45, 7) is 4.93. The molecule has 4 nitrogen and oxygen atoms in total. The van der Waals surface area contributed by atoms with Gasteiger partial charge in [0.15, 0.2) is 0 Å². The number of hydrogen-bond acceptors (Lipinski definition) is 3. The van der Waals surface area contributed by atoms with Gasteiger partial charge in [-0.1, -0.05) is 17.7 Å². The summed E-state index contributed by atoms with van der Waals surface area (Å²) in [6, 6.07) is 8.50. The van der Waals surface area contributed by atoms with Crippen molar-refractivity contribution in [3.63, 3.8) is 0 Å².